The molecule has 2 aromatic rings. The highest BCUT2D eigenvalue weighted by Crippen LogP contribution is 2.09. The molecule has 0 spiro atoms. The molecule has 0 radical (unpaired) electrons. The van der Waals surface area contributed by atoms with Gasteiger partial charge < -0.3 is 10.6 Å². The summed E-state index contributed by atoms with van der Waals surface area (Å²) in [6.07, 6.45) is 0.303. The van der Waals surface area contributed by atoms with E-state index in [1.807, 2.05) is 30.3 Å². The first-order valence-electron chi connectivity index (χ1n) is 9.65. The summed E-state index contributed by atoms with van der Waals surface area (Å²) in [4.78, 5) is 24.6. The molecule has 1 atom stereocenters. The van der Waals surface area contributed by atoms with Crippen LogP contribution in [-0.2, 0) is 32.6 Å². The average molecular weight is 446 g/mol. The van der Waals surface area contributed by atoms with Gasteiger partial charge in [-0.05, 0) is 23.3 Å². The van der Waals surface area contributed by atoms with Crippen LogP contribution in [-0.4, -0.2) is 32.2 Å². The fourth-order valence-electron chi connectivity index (χ4n) is 2.65. The Morgan fingerprint density at radius 2 is 1.58 bits per heavy atom. The topological polar surface area (TPSA) is 154 Å². The van der Waals surface area contributed by atoms with E-state index >= 15 is 0 Å². The van der Waals surface area contributed by atoms with Crippen molar-refractivity contribution >= 4 is 27.8 Å². The SMILES string of the molecule is CC(C)C(=O)NC(=N)N[C@H](Cc1ccccc1)C(=O)NCc1ccc(S(N)(=O)=O)cc1. The van der Waals surface area contributed by atoms with Crippen LogP contribution in [0.5, 0.6) is 0 Å². The standard InChI is InChI=1S/C21H27N5O4S/c1-14(2)19(27)26-21(22)25-18(12-15-6-4-3-5-7-15)20(28)24-13-16-8-10-17(11-9-16)31(23,29)30/h3-11,14,18H,12-13H2,1-2H3,(H,24,28)(H2,23,29,30)(H3,22,25,26,27)/t18-/m1/s1. The van der Waals surface area contributed by atoms with Gasteiger partial charge in [-0.3, -0.25) is 20.3 Å². The van der Waals surface area contributed by atoms with Crippen LogP contribution in [0, 0.1) is 11.3 Å². The first-order valence-corrected chi connectivity index (χ1v) is 11.2. The van der Waals surface area contributed by atoms with Gasteiger partial charge in [-0.15, -0.1) is 0 Å². The zero-order valence-corrected chi connectivity index (χ0v) is 18.2. The maximum atomic E-state index is 12.8. The van der Waals surface area contributed by atoms with Gasteiger partial charge in [0.1, 0.15) is 6.04 Å². The fraction of sp³-hybridized carbons (Fsp3) is 0.286. The lowest BCUT2D eigenvalue weighted by atomic mass is 10.1. The lowest BCUT2D eigenvalue weighted by Crippen LogP contribution is -2.52. The van der Waals surface area contributed by atoms with E-state index in [0.717, 1.165) is 5.56 Å². The summed E-state index contributed by atoms with van der Waals surface area (Å²) >= 11 is 0. The Morgan fingerprint density at radius 3 is 2.13 bits per heavy atom. The second-order valence-electron chi connectivity index (χ2n) is 7.31. The van der Waals surface area contributed by atoms with Crippen molar-refractivity contribution in [1.82, 2.24) is 16.0 Å². The Labute approximate surface area is 182 Å². The molecule has 166 valence electrons. The lowest BCUT2D eigenvalue weighted by molar-refractivity contribution is -0.124. The van der Waals surface area contributed by atoms with Gasteiger partial charge in [0.05, 0.1) is 4.90 Å². The van der Waals surface area contributed by atoms with E-state index in [1.54, 1.807) is 26.0 Å². The molecule has 0 fully saturated rings. The largest absolute Gasteiger partial charge is 0.350 e. The summed E-state index contributed by atoms with van der Waals surface area (Å²) in [5.74, 6) is -1.26. The smallest absolute Gasteiger partial charge is 0.243 e. The van der Waals surface area contributed by atoms with Gasteiger partial charge in [-0.1, -0.05) is 56.3 Å². The molecule has 0 unspecified atom stereocenters. The molecule has 9 nitrogen and oxygen atoms in total. The number of carbonyl (C=O) groups is 2. The van der Waals surface area contributed by atoms with E-state index in [0.29, 0.717) is 12.0 Å². The molecule has 2 aromatic carbocycles. The molecule has 0 aromatic heterocycles. The van der Waals surface area contributed by atoms with Crippen molar-refractivity contribution in [2.45, 2.75) is 37.8 Å². The number of amides is 2. The minimum absolute atomic E-state index is 0.0134. The summed E-state index contributed by atoms with van der Waals surface area (Å²) in [5.41, 5.74) is 1.57. The zero-order chi connectivity index (χ0) is 23.0. The number of carbonyl (C=O) groups excluding carboxylic acids is 2. The van der Waals surface area contributed by atoms with Crippen LogP contribution >= 0.6 is 0 Å². The molecule has 6 N–H and O–H groups in total. The molecule has 0 saturated carbocycles. The number of rotatable bonds is 8. The maximum absolute atomic E-state index is 12.8. The minimum atomic E-state index is -3.78. The number of nitrogens with two attached hydrogens (primary N) is 1. The molecular weight excluding hydrogens is 418 g/mol. The molecule has 0 saturated heterocycles. The van der Waals surface area contributed by atoms with Crippen LogP contribution in [0.4, 0.5) is 0 Å². The van der Waals surface area contributed by atoms with Crippen LogP contribution in [0.2, 0.25) is 0 Å². The monoisotopic (exact) mass is 445 g/mol. The Kier molecular flexibility index (Phi) is 8.29. The zero-order valence-electron chi connectivity index (χ0n) is 17.4. The number of sulfonamides is 1. The summed E-state index contributed by atoms with van der Waals surface area (Å²) < 4.78 is 22.7. The summed E-state index contributed by atoms with van der Waals surface area (Å²) in [6, 6.07) is 14.4. The molecular formula is C21H27N5O4S. The number of benzene rings is 2. The van der Waals surface area contributed by atoms with Crippen LogP contribution in [0.1, 0.15) is 25.0 Å². The Morgan fingerprint density at radius 1 is 0.968 bits per heavy atom. The van der Waals surface area contributed by atoms with E-state index in [1.165, 1.54) is 12.1 Å². The Bertz CT molecular complexity index is 1020. The normalized spacial score (nSPS) is 12.1. The van der Waals surface area contributed by atoms with Gasteiger partial charge in [0.15, 0.2) is 5.96 Å². The van der Waals surface area contributed by atoms with Gasteiger partial charge in [0, 0.05) is 18.9 Å². The molecule has 2 amide bonds. The van der Waals surface area contributed by atoms with Crippen molar-refractivity contribution in [3.63, 3.8) is 0 Å². The van der Waals surface area contributed by atoms with Crippen molar-refractivity contribution < 1.29 is 18.0 Å². The van der Waals surface area contributed by atoms with Gasteiger partial charge in [-0.25, -0.2) is 13.6 Å². The Hall–Kier alpha value is -3.24. The van der Waals surface area contributed by atoms with Crippen molar-refractivity contribution in [2.24, 2.45) is 11.1 Å². The van der Waals surface area contributed by atoms with E-state index in [-0.39, 0.29) is 35.1 Å². The van der Waals surface area contributed by atoms with Gasteiger partial charge in [0.2, 0.25) is 21.8 Å². The lowest BCUT2D eigenvalue weighted by Gasteiger charge is -2.21. The van der Waals surface area contributed by atoms with E-state index in [2.05, 4.69) is 16.0 Å². The molecule has 31 heavy (non-hydrogen) atoms. The van der Waals surface area contributed by atoms with Gasteiger partial charge in [-0.2, -0.15) is 0 Å². The third-order valence-corrected chi connectivity index (χ3v) is 5.34. The first kappa shape index (κ1) is 24.0. The molecule has 0 aliphatic heterocycles. The quantitative estimate of drug-likeness (QED) is 0.301. The first-order chi connectivity index (χ1) is 14.6. The molecule has 0 aliphatic carbocycles. The Balaban J connectivity index is 2.06. The van der Waals surface area contributed by atoms with E-state index < -0.39 is 16.1 Å². The maximum Gasteiger partial charge on any atom is 0.243 e. The van der Waals surface area contributed by atoms with Crippen LogP contribution in [0.15, 0.2) is 59.5 Å². The molecule has 0 heterocycles. The van der Waals surface area contributed by atoms with E-state index in [4.69, 9.17) is 10.5 Å². The van der Waals surface area contributed by atoms with Crippen molar-refractivity contribution in [3.05, 3.63) is 65.7 Å². The van der Waals surface area contributed by atoms with Gasteiger partial charge >= 0.3 is 0 Å². The number of primary sulfonamides is 1. The second-order valence-corrected chi connectivity index (χ2v) is 8.87. The van der Waals surface area contributed by atoms with Crippen molar-refractivity contribution in [3.8, 4) is 0 Å². The number of nitrogens with one attached hydrogen (secondary N) is 4. The van der Waals surface area contributed by atoms with E-state index in [9.17, 15) is 18.0 Å². The number of guanidine groups is 1. The third-order valence-electron chi connectivity index (χ3n) is 4.41. The summed E-state index contributed by atoms with van der Waals surface area (Å²) in [7, 11) is -3.78. The third kappa shape index (κ3) is 7.83. The van der Waals surface area contributed by atoms with Crippen LogP contribution in [0.3, 0.4) is 0 Å². The summed E-state index contributed by atoms with van der Waals surface area (Å²) in [5, 5.41) is 21.0. The fourth-order valence-corrected chi connectivity index (χ4v) is 3.16. The van der Waals surface area contributed by atoms with Crippen LogP contribution < -0.4 is 21.1 Å². The number of hydrogen-bond acceptors (Lipinski definition) is 5. The molecule has 0 aliphatic rings. The predicted octanol–water partition coefficient (Wildman–Crippen LogP) is 0.858. The highest BCUT2D eigenvalue weighted by molar-refractivity contribution is 7.89. The predicted molar refractivity (Wildman–Crippen MR) is 117 cm³/mol. The van der Waals surface area contributed by atoms with Gasteiger partial charge in [0.25, 0.3) is 0 Å². The highest BCUT2D eigenvalue weighted by Gasteiger charge is 2.21. The van der Waals surface area contributed by atoms with Crippen molar-refractivity contribution in [1.29, 1.82) is 5.41 Å². The minimum Gasteiger partial charge on any atom is -0.350 e. The molecule has 10 heteroatoms. The van der Waals surface area contributed by atoms with Crippen molar-refractivity contribution in [2.75, 3.05) is 0 Å². The highest BCUT2D eigenvalue weighted by atomic mass is 32.2. The number of hydrogen-bond donors (Lipinski definition) is 5. The average Bonchev–Trinajstić information content (AvgIpc) is 2.71. The molecule has 2 rings (SSSR count). The summed E-state index contributed by atoms with van der Waals surface area (Å²) in [6.45, 7) is 3.57. The second kappa shape index (κ2) is 10.7. The molecule has 0 bridgehead atoms. The van der Waals surface area contributed by atoms with Crippen LogP contribution in [0.25, 0.3) is 0 Å².